The van der Waals surface area contributed by atoms with Gasteiger partial charge in [0.1, 0.15) is 11.9 Å². The van der Waals surface area contributed by atoms with Crippen molar-refractivity contribution in [2.75, 3.05) is 6.54 Å². The standard InChI is InChI=1S/C14H15N5O2/c1-19-7-6-15-13(19)11(20)8-16-14(21)12-9-4-2-3-5-10(9)17-18-12/h2-7,11,20H,8H2,1H3,(H,16,21)(H,17,18). The number of carbonyl (C=O) groups excluding carboxylic acids is 1. The van der Waals surface area contributed by atoms with Crippen LogP contribution in [0.2, 0.25) is 0 Å². The number of imidazole rings is 1. The fraction of sp³-hybridized carbons (Fsp3) is 0.214. The van der Waals surface area contributed by atoms with Crippen molar-refractivity contribution >= 4 is 16.8 Å². The summed E-state index contributed by atoms with van der Waals surface area (Å²) in [6.45, 7) is 0.0743. The molecule has 7 heteroatoms. The zero-order chi connectivity index (χ0) is 14.8. The van der Waals surface area contributed by atoms with E-state index in [9.17, 15) is 9.90 Å². The van der Waals surface area contributed by atoms with E-state index in [0.29, 0.717) is 11.5 Å². The van der Waals surface area contributed by atoms with E-state index in [0.717, 1.165) is 10.9 Å². The molecule has 108 valence electrons. The monoisotopic (exact) mass is 285 g/mol. The summed E-state index contributed by atoms with van der Waals surface area (Å²) in [6, 6.07) is 7.38. The van der Waals surface area contributed by atoms with Crippen molar-refractivity contribution in [2.24, 2.45) is 7.05 Å². The third-order valence-electron chi connectivity index (χ3n) is 3.30. The summed E-state index contributed by atoms with van der Waals surface area (Å²) in [4.78, 5) is 16.2. The van der Waals surface area contributed by atoms with Crippen LogP contribution in [0, 0.1) is 0 Å². The summed E-state index contributed by atoms with van der Waals surface area (Å²) in [5.74, 6) is 0.169. The summed E-state index contributed by atoms with van der Waals surface area (Å²) >= 11 is 0. The lowest BCUT2D eigenvalue weighted by Gasteiger charge is -2.11. The van der Waals surface area contributed by atoms with Crippen molar-refractivity contribution in [3.63, 3.8) is 0 Å². The van der Waals surface area contributed by atoms with E-state index in [2.05, 4.69) is 20.5 Å². The number of nitrogens with zero attached hydrogens (tertiary/aromatic N) is 3. The molecule has 1 aromatic carbocycles. The molecular formula is C14H15N5O2. The number of rotatable bonds is 4. The number of aromatic amines is 1. The Morgan fingerprint density at radius 2 is 2.29 bits per heavy atom. The van der Waals surface area contributed by atoms with Crippen LogP contribution in [0.4, 0.5) is 0 Å². The Labute approximate surface area is 120 Å². The molecule has 0 bridgehead atoms. The summed E-state index contributed by atoms with van der Waals surface area (Å²) < 4.78 is 1.71. The van der Waals surface area contributed by atoms with Gasteiger partial charge in [-0.1, -0.05) is 18.2 Å². The molecule has 1 amide bonds. The van der Waals surface area contributed by atoms with Gasteiger partial charge in [-0.2, -0.15) is 5.10 Å². The van der Waals surface area contributed by atoms with Crippen LogP contribution in [0.25, 0.3) is 10.9 Å². The molecule has 7 nitrogen and oxygen atoms in total. The average Bonchev–Trinajstić information content (AvgIpc) is 3.10. The van der Waals surface area contributed by atoms with Gasteiger partial charge in [0.2, 0.25) is 0 Å². The van der Waals surface area contributed by atoms with Gasteiger partial charge in [-0.05, 0) is 6.07 Å². The maximum absolute atomic E-state index is 12.1. The second kappa shape index (κ2) is 5.37. The maximum atomic E-state index is 12.1. The second-order valence-electron chi connectivity index (χ2n) is 4.74. The normalized spacial score (nSPS) is 12.5. The number of H-pyrrole nitrogens is 1. The second-order valence-corrected chi connectivity index (χ2v) is 4.74. The number of hydrogen-bond acceptors (Lipinski definition) is 4. The van der Waals surface area contributed by atoms with Gasteiger partial charge in [-0.3, -0.25) is 9.89 Å². The van der Waals surface area contributed by atoms with E-state index in [4.69, 9.17) is 0 Å². The van der Waals surface area contributed by atoms with Crippen LogP contribution in [0.5, 0.6) is 0 Å². The molecule has 1 atom stereocenters. The molecule has 0 aliphatic rings. The number of para-hydroxylation sites is 1. The highest BCUT2D eigenvalue weighted by Gasteiger charge is 2.17. The quantitative estimate of drug-likeness (QED) is 0.659. The number of fused-ring (bicyclic) bond motifs is 1. The molecule has 0 saturated carbocycles. The van der Waals surface area contributed by atoms with Crippen molar-refractivity contribution < 1.29 is 9.90 Å². The number of aliphatic hydroxyl groups is 1. The topological polar surface area (TPSA) is 95.8 Å². The highest BCUT2D eigenvalue weighted by molar-refractivity contribution is 6.04. The number of hydrogen-bond donors (Lipinski definition) is 3. The summed E-state index contributed by atoms with van der Waals surface area (Å²) in [6.07, 6.45) is 2.47. The number of benzene rings is 1. The zero-order valence-corrected chi connectivity index (χ0v) is 11.4. The summed E-state index contributed by atoms with van der Waals surface area (Å²) in [5.41, 5.74) is 1.12. The van der Waals surface area contributed by atoms with E-state index in [-0.39, 0.29) is 12.5 Å². The molecular weight excluding hydrogens is 270 g/mol. The first kappa shape index (κ1) is 13.3. The average molecular weight is 285 g/mol. The zero-order valence-electron chi connectivity index (χ0n) is 11.4. The SMILES string of the molecule is Cn1ccnc1C(O)CNC(=O)c1n[nH]c2ccccc12. The van der Waals surface area contributed by atoms with Crippen molar-refractivity contribution in [3.05, 3.63) is 48.2 Å². The first-order valence-electron chi connectivity index (χ1n) is 6.53. The van der Waals surface area contributed by atoms with E-state index >= 15 is 0 Å². The van der Waals surface area contributed by atoms with Gasteiger partial charge in [0.05, 0.1) is 12.1 Å². The molecule has 0 aliphatic carbocycles. The third-order valence-corrected chi connectivity index (χ3v) is 3.30. The minimum absolute atomic E-state index is 0.0743. The number of amides is 1. The van der Waals surface area contributed by atoms with Gasteiger partial charge < -0.3 is 15.0 Å². The van der Waals surface area contributed by atoms with Crippen LogP contribution in [0.1, 0.15) is 22.4 Å². The van der Waals surface area contributed by atoms with Crippen LogP contribution in [-0.2, 0) is 7.05 Å². The number of aromatic nitrogens is 4. The molecule has 3 aromatic rings. The van der Waals surface area contributed by atoms with Crippen molar-refractivity contribution in [3.8, 4) is 0 Å². The number of aliphatic hydroxyl groups excluding tert-OH is 1. The van der Waals surface area contributed by atoms with Gasteiger partial charge in [0.15, 0.2) is 5.69 Å². The minimum Gasteiger partial charge on any atom is -0.383 e. The Morgan fingerprint density at radius 3 is 3.05 bits per heavy atom. The van der Waals surface area contributed by atoms with Gasteiger partial charge >= 0.3 is 0 Å². The van der Waals surface area contributed by atoms with Gasteiger partial charge in [-0.15, -0.1) is 0 Å². The molecule has 0 fully saturated rings. The van der Waals surface area contributed by atoms with Crippen LogP contribution in [-0.4, -0.2) is 37.3 Å². The minimum atomic E-state index is -0.862. The number of carbonyl (C=O) groups is 1. The Bertz CT molecular complexity index is 776. The first-order chi connectivity index (χ1) is 10.2. The number of aryl methyl sites for hydroxylation is 1. The highest BCUT2D eigenvalue weighted by atomic mass is 16.3. The molecule has 0 saturated heterocycles. The smallest absolute Gasteiger partial charge is 0.272 e. The fourth-order valence-electron chi connectivity index (χ4n) is 2.20. The molecule has 2 aromatic heterocycles. The molecule has 3 rings (SSSR count). The predicted octanol–water partition coefficient (Wildman–Crippen LogP) is 0.760. The van der Waals surface area contributed by atoms with Crippen molar-refractivity contribution in [1.29, 1.82) is 0 Å². The molecule has 0 aliphatic heterocycles. The van der Waals surface area contributed by atoms with Crippen LogP contribution in [0.3, 0.4) is 0 Å². The Morgan fingerprint density at radius 1 is 1.48 bits per heavy atom. The van der Waals surface area contributed by atoms with E-state index in [1.165, 1.54) is 0 Å². The van der Waals surface area contributed by atoms with Gasteiger partial charge in [-0.25, -0.2) is 4.98 Å². The Balaban J connectivity index is 1.71. The molecule has 21 heavy (non-hydrogen) atoms. The van der Waals surface area contributed by atoms with Crippen LogP contribution < -0.4 is 5.32 Å². The van der Waals surface area contributed by atoms with Gasteiger partial charge in [0, 0.05) is 24.8 Å². The molecule has 1 unspecified atom stereocenters. The van der Waals surface area contributed by atoms with Crippen LogP contribution in [0.15, 0.2) is 36.7 Å². The molecule has 0 spiro atoms. The largest absolute Gasteiger partial charge is 0.383 e. The molecule has 3 N–H and O–H groups in total. The molecule has 0 radical (unpaired) electrons. The lowest BCUT2D eigenvalue weighted by Crippen LogP contribution is -2.29. The fourth-order valence-corrected chi connectivity index (χ4v) is 2.20. The van der Waals surface area contributed by atoms with Gasteiger partial charge in [0.25, 0.3) is 5.91 Å². The van der Waals surface area contributed by atoms with E-state index < -0.39 is 6.10 Å². The lowest BCUT2D eigenvalue weighted by molar-refractivity contribution is 0.0906. The van der Waals surface area contributed by atoms with Crippen molar-refractivity contribution in [1.82, 2.24) is 25.1 Å². The predicted molar refractivity (Wildman–Crippen MR) is 76.6 cm³/mol. The highest BCUT2D eigenvalue weighted by Crippen LogP contribution is 2.15. The lowest BCUT2D eigenvalue weighted by atomic mass is 10.2. The van der Waals surface area contributed by atoms with Crippen LogP contribution >= 0.6 is 0 Å². The van der Waals surface area contributed by atoms with Crippen molar-refractivity contribution in [2.45, 2.75) is 6.10 Å². The summed E-state index contributed by atoms with van der Waals surface area (Å²) in [7, 11) is 1.79. The van der Waals surface area contributed by atoms with E-state index in [1.54, 1.807) is 24.0 Å². The Kier molecular flexibility index (Phi) is 3.41. The summed E-state index contributed by atoms with van der Waals surface area (Å²) in [5, 5.41) is 20.3. The number of nitrogens with one attached hydrogen (secondary N) is 2. The van der Waals surface area contributed by atoms with E-state index in [1.807, 2.05) is 24.3 Å². The molecule has 2 heterocycles. The Hall–Kier alpha value is -2.67. The third kappa shape index (κ3) is 2.50. The maximum Gasteiger partial charge on any atom is 0.272 e. The first-order valence-corrected chi connectivity index (χ1v) is 6.53.